The van der Waals surface area contributed by atoms with Gasteiger partial charge in [-0.25, -0.2) is 4.39 Å². The van der Waals surface area contributed by atoms with Gasteiger partial charge in [0, 0.05) is 25.5 Å². The first-order valence-corrected chi connectivity index (χ1v) is 6.82. The van der Waals surface area contributed by atoms with E-state index in [2.05, 4.69) is 15.9 Å². The Bertz CT molecular complexity index is 412. The fourth-order valence-electron chi connectivity index (χ4n) is 1.58. The van der Waals surface area contributed by atoms with E-state index in [1.54, 1.807) is 25.0 Å². The molecule has 1 amide bonds. The monoisotopic (exact) mass is 317 g/mol. The molecule has 0 saturated carbocycles. The third-order valence-electron chi connectivity index (χ3n) is 2.56. The van der Waals surface area contributed by atoms with Crippen LogP contribution >= 0.6 is 15.9 Å². The highest BCUT2D eigenvalue weighted by Gasteiger charge is 2.18. The molecule has 18 heavy (non-hydrogen) atoms. The number of hydrogen-bond acceptors (Lipinski definition) is 2. The SMILES string of the molecule is COCCN(CCBr)C(=O)c1ccc(C)cc1F. The molecule has 0 atom stereocenters. The highest BCUT2D eigenvalue weighted by Crippen LogP contribution is 2.12. The van der Waals surface area contributed by atoms with Crippen molar-refractivity contribution < 1.29 is 13.9 Å². The van der Waals surface area contributed by atoms with Gasteiger partial charge in [0.2, 0.25) is 0 Å². The molecule has 0 N–H and O–H groups in total. The number of halogens is 2. The van der Waals surface area contributed by atoms with Gasteiger partial charge in [0.05, 0.1) is 12.2 Å². The lowest BCUT2D eigenvalue weighted by Crippen LogP contribution is -2.35. The van der Waals surface area contributed by atoms with Gasteiger partial charge in [-0.15, -0.1) is 0 Å². The predicted molar refractivity (Wildman–Crippen MR) is 72.7 cm³/mol. The molecule has 0 spiro atoms. The Morgan fingerprint density at radius 1 is 1.44 bits per heavy atom. The Labute approximate surface area is 115 Å². The summed E-state index contributed by atoms with van der Waals surface area (Å²) in [5.74, 6) is -0.777. The van der Waals surface area contributed by atoms with E-state index in [0.717, 1.165) is 5.56 Å². The van der Waals surface area contributed by atoms with E-state index < -0.39 is 5.82 Å². The Hall–Kier alpha value is -0.940. The Morgan fingerprint density at radius 3 is 2.72 bits per heavy atom. The Balaban J connectivity index is 2.87. The van der Waals surface area contributed by atoms with Crippen molar-refractivity contribution in [2.24, 2.45) is 0 Å². The molecule has 0 aliphatic carbocycles. The molecule has 0 aromatic heterocycles. The van der Waals surface area contributed by atoms with Crippen LogP contribution in [-0.4, -0.2) is 42.9 Å². The smallest absolute Gasteiger partial charge is 0.256 e. The number of rotatable bonds is 6. The van der Waals surface area contributed by atoms with Gasteiger partial charge < -0.3 is 9.64 Å². The predicted octanol–water partition coefficient (Wildman–Crippen LogP) is 2.62. The lowest BCUT2D eigenvalue weighted by Gasteiger charge is -2.21. The summed E-state index contributed by atoms with van der Waals surface area (Å²) < 4.78 is 18.7. The van der Waals surface area contributed by atoms with Crippen LogP contribution in [0.5, 0.6) is 0 Å². The topological polar surface area (TPSA) is 29.5 Å². The number of ether oxygens (including phenoxy) is 1. The first-order valence-electron chi connectivity index (χ1n) is 5.70. The zero-order valence-corrected chi connectivity index (χ0v) is 12.2. The minimum atomic E-state index is -0.475. The van der Waals surface area contributed by atoms with E-state index in [4.69, 9.17) is 4.74 Å². The van der Waals surface area contributed by atoms with Crippen LogP contribution in [0, 0.1) is 12.7 Å². The summed E-state index contributed by atoms with van der Waals surface area (Å²) in [5.41, 5.74) is 0.908. The maximum absolute atomic E-state index is 13.7. The van der Waals surface area contributed by atoms with Crippen LogP contribution < -0.4 is 0 Å². The number of benzene rings is 1. The highest BCUT2D eigenvalue weighted by atomic mass is 79.9. The van der Waals surface area contributed by atoms with Crippen molar-refractivity contribution in [1.29, 1.82) is 0 Å². The van der Waals surface area contributed by atoms with Crippen LogP contribution in [0.1, 0.15) is 15.9 Å². The van der Waals surface area contributed by atoms with Crippen molar-refractivity contribution in [3.63, 3.8) is 0 Å². The fourth-order valence-corrected chi connectivity index (χ4v) is 2.01. The van der Waals surface area contributed by atoms with E-state index in [1.807, 2.05) is 0 Å². The molecule has 0 bridgehead atoms. The van der Waals surface area contributed by atoms with E-state index in [1.165, 1.54) is 12.1 Å². The van der Waals surface area contributed by atoms with Crippen molar-refractivity contribution >= 4 is 21.8 Å². The molecular weight excluding hydrogens is 301 g/mol. The molecular formula is C13H17BrFNO2. The van der Waals surface area contributed by atoms with Gasteiger partial charge in [0.1, 0.15) is 5.82 Å². The summed E-state index contributed by atoms with van der Waals surface area (Å²) in [4.78, 5) is 13.8. The van der Waals surface area contributed by atoms with Crippen LogP contribution in [0.15, 0.2) is 18.2 Å². The standard InChI is InChI=1S/C13H17BrFNO2/c1-10-3-4-11(12(15)9-10)13(17)16(6-5-14)7-8-18-2/h3-4,9H,5-8H2,1-2H3. The zero-order chi connectivity index (χ0) is 13.5. The van der Waals surface area contributed by atoms with Gasteiger partial charge in [0.25, 0.3) is 5.91 Å². The van der Waals surface area contributed by atoms with Gasteiger partial charge >= 0.3 is 0 Å². The summed E-state index contributed by atoms with van der Waals surface area (Å²) in [7, 11) is 1.57. The second kappa shape index (κ2) is 7.48. The molecule has 0 unspecified atom stereocenters. The van der Waals surface area contributed by atoms with Gasteiger partial charge in [-0.05, 0) is 24.6 Å². The molecule has 0 saturated heterocycles. The largest absolute Gasteiger partial charge is 0.383 e. The number of aryl methyl sites for hydroxylation is 1. The van der Waals surface area contributed by atoms with Crippen molar-refractivity contribution in [3.05, 3.63) is 35.1 Å². The second-order valence-electron chi connectivity index (χ2n) is 3.96. The Kier molecular flexibility index (Phi) is 6.29. The molecule has 5 heteroatoms. The van der Waals surface area contributed by atoms with E-state index in [0.29, 0.717) is 25.0 Å². The van der Waals surface area contributed by atoms with Crippen LogP contribution in [-0.2, 0) is 4.74 Å². The second-order valence-corrected chi connectivity index (χ2v) is 4.75. The minimum absolute atomic E-state index is 0.109. The summed E-state index contributed by atoms with van der Waals surface area (Å²) in [5, 5.41) is 0.649. The average molecular weight is 318 g/mol. The van der Waals surface area contributed by atoms with E-state index in [9.17, 15) is 9.18 Å². The molecule has 1 aromatic rings. The quantitative estimate of drug-likeness (QED) is 0.755. The van der Waals surface area contributed by atoms with Crippen molar-refractivity contribution in [2.45, 2.75) is 6.92 Å². The number of hydrogen-bond donors (Lipinski definition) is 0. The summed E-state index contributed by atoms with van der Waals surface area (Å²) in [6.07, 6.45) is 0. The molecule has 1 rings (SSSR count). The van der Waals surface area contributed by atoms with Gasteiger partial charge in [-0.2, -0.15) is 0 Å². The fraction of sp³-hybridized carbons (Fsp3) is 0.462. The number of carbonyl (C=O) groups excluding carboxylic acids is 1. The number of alkyl halides is 1. The van der Waals surface area contributed by atoms with Crippen molar-refractivity contribution in [3.8, 4) is 0 Å². The maximum atomic E-state index is 13.7. The summed E-state index contributed by atoms with van der Waals surface area (Å²) >= 11 is 3.28. The first-order chi connectivity index (χ1) is 8.60. The molecule has 0 fully saturated rings. The van der Waals surface area contributed by atoms with Crippen molar-refractivity contribution in [1.82, 2.24) is 4.90 Å². The number of amides is 1. The number of methoxy groups -OCH3 is 1. The maximum Gasteiger partial charge on any atom is 0.256 e. The van der Waals surface area contributed by atoms with Crippen molar-refractivity contribution in [2.75, 3.05) is 32.1 Å². The number of nitrogens with zero attached hydrogens (tertiary/aromatic N) is 1. The zero-order valence-electron chi connectivity index (χ0n) is 10.6. The van der Waals surface area contributed by atoms with Crippen LogP contribution in [0.2, 0.25) is 0 Å². The van der Waals surface area contributed by atoms with Gasteiger partial charge in [-0.1, -0.05) is 22.0 Å². The lowest BCUT2D eigenvalue weighted by molar-refractivity contribution is 0.0704. The molecule has 1 aromatic carbocycles. The third-order valence-corrected chi connectivity index (χ3v) is 2.92. The Morgan fingerprint density at radius 2 is 2.17 bits per heavy atom. The molecule has 0 heterocycles. The normalized spacial score (nSPS) is 10.4. The van der Waals surface area contributed by atoms with E-state index in [-0.39, 0.29) is 11.5 Å². The molecule has 0 aliphatic rings. The van der Waals surface area contributed by atoms with Crippen LogP contribution in [0.25, 0.3) is 0 Å². The van der Waals surface area contributed by atoms with Crippen LogP contribution in [0.4, 0.5) is 4.39 Å². The minimum Gasteiger partial charge on any atom is -0.383 e. The first kappa shape index (κ1) is 15.1. The summed E-state index contributed by atoms with van der Waals surface area (Å²) in [6.45, 7) is 3.20. The molecule has 100 valence electrons. The van der Waals surface area contributed by atoms with Gasteiger partial charge in [0.15, 0.2) is 0 Å². The number of carbonyl (C=O) groups is 1. The van der Waals surface area contributed by atoms with Crippen LogP contribution in [0.3, 0.4) is 0 Å². The molecule has 3 nitrogen and oxygen atoms in total. The lowest BCUT2D eigenvalue weighted by atomic mass is 10.1. The van der Waals surface area contributed by atoms with E-state index >= 15 is 0 Å². The van der Waals surface area contributed by atoms with Gasteiger partial charge in [-0.3, -0.25) is 4.79 Å². The third kappa shape index (κ3) is 4.07. The average Bonchev–Trinajstić information content (AvgIpc) is 2.33. The molecule has 0 radical (unpaired) electrons. The molecule has 0 aliphatic heterocycles. The highest BCUT2D eigenvalue weighted by molar-refractivity contribution is 9.09. The summed E-state index contributed by atoms with van der Waals surface area (Å²) in [6, 6.07) is 4.63.